The summed E-state index contributed by atoms with van der Waals surface area (Å²) in [5.41, 5.74) is -0.160. The molecule has 3 aromatic rings. The van der Waals surface area contributed by atoms with E-state index < -0.39 is 29.7 Å². The molecular formula is C20H16F3NO3S. The predicted molar refractivity (Wildman–Crippen MR) is 97.5 cm³/mol. The number of alkyl halides is 3. The average Bonchev–Trinajstić information content (AvgIpc) is 3.21. The van der Waals surface area contributed by atoms with E-state index in [2.05, 4.69) is 4.98 Å². The first kappa shape index (κ1) is 20.0. The Hall–Kier alpha value is -2.71. The zero-order chi connectivity index (χ0) is 20.1. The van der Waals surface area contributed by atoms with E-state index in [9.17, 15) is 23.1 Å². The lowest BCUT2D eigenvalue weighted by Gasteiger charge is -2.21. The lowest BCUT2D eigenvalue weighted by Crippen LogP contribution is -2.22. The van der Waals surface area contributed by atoms with Crippen LogP contribution < -0.4 is 0 Å². The number of carbonyl (C=O) groups is 1. The van der Waals surface area contributed by atoms with Crippen molar-refractivity contribution in [2.24, 2.45) is 0 Å². The molecule has 0 aliphatic rings. The van der Waals surface area contributed by atoms with Gasteiger partial charge in [-0.25, -0.2) is 0 Å². The van der Waals surface area contributed by atoms with Gasteiger partial charge in [0, 0.05) is 22.8 Å². The Morgan fingerprint density at radius 3 is 2.64 bits per heavy atom. The van der Waals surface area contributed by atoms with E-state index in [1.165, 1.54) is 29.7 Å². The van der Waals surface area contributed by atoms with Gasteiger partial charge in [0.15, 0.2) is 0 Å². The second-order valence-electron chi connectivity index (χ2n) is 6.03. The Bertz CT molecular complexity index is 914. The molecule has 3 rings (SSSR count). The fourth-order valence-electron chi connectivity index (χ4n) is 2.69. The van der Waals surface area contributed by atoms with E-state index in [4.69, 9.17) is 4.74 Å². The number of ether oxygens (including phenoxy) is 1. The molecule has 2 atom stereocenters. The number of hydrogen-bond donors (Lipinski definition) is 1. The number of hydrogen-bond acceptors (Lipinski definition) is 5. The number of aliphatic hydroxyl groups is 1. The molecule has 8 heteroatoms. The van der Waals surface area contributed by atoms with Gasteiger partial charge in [0.05, 0.1) is 11.7 Å². The van der Waals surface area contributed by atoms with E-state index in [1.54, 1.807) is 35.8 Å². The highest BCUT2D eigenvalue weighted by molar-refractivity contribution is 7.10. The van der Waals surface area contributed by atoms with Crippen molar-refractivity contribution in [3.8, 4) is 0 Å². The van der Waals surface area contributed by atoms with E-state index in [1.807, 2.05) is 0 Å². The van der Waals surface area contributed by atoms with E-state index in [0.717, 1.165) is 12.1 Å². The van der Waals surface area contributed by atoms with Gasteiger partial charge in [0.1, 0.15) is 12.5 Å². The lowest BCUT2D eigenvalue weighted by atomic mass is 9.95. The first-order valence-electron chi connectivity index (χ1n) is 8.30. The number of esters is 1. The molecule has 1 N–H and O–H groups in total. The second-order valence-corrected chi connectivity index (χ2v) is 7.01. The van der Waals surface area contributed by atoms with Gasteiger partial charge in [0.2, 0.25) is 0 Å². The van der Waals surface area contributed by atoms with Crippen molar-refractivity contribution < 1.29 is 27.8 Å². The van der Waals surface area contributed by atoms with Crippen molar-refractivity contribution >= 4 is 17.3 Å². The summed E-state index contributed by atoms with van der Waals surface area (Å²) in [6.07, 6.45) is -2.68. The summed E-state index contributed by atoms with van der Waals surface area (Å²) in [6.45, 7) is -0.329. The number of thiophene rings is 1. The van der Waals surface area contributed by atoms with Gasteiger partial charge < -0.3 is 9.84 Å². The van der Waals surface area contributed by atoms with Crippen LogP contribution in [0.1, 0.15) is 33.6 Å². The molecule has 0 spiro atoms. The maximum Gasteiger partial charge on any atom is 0.416 e. The Morgan fingerprint density at radius 2 is 2.00 bits per heavy atom. The summed E-state index contributed by atoms with van der Waals surface area (Å²) in [7, 11) is 0. The first-order valence-corrected chi connectivity index (χ1v) is 9.18. The fourth-order valence-corrected chi connectivity index (χ4v) is 3.54. The molecule has 0 bridgehead atoms. The Morgan fingerprint density at radius 1 is 1.18 bits per heavy atom. The number of benzene rings is 1. The van der Waals surface area contributed by atoms with Gasteiger partial charge in [-0.05, 0) is 35.2 Å². The largest absolute Gasteiger partial charge is 0.460 e. The van der Waals surface area contributed by atoms with Crippen molar-refractivity contribution in [1.82, 2.24) is 4.98 Å². The molecule has 2 unspecified atom stereocenters. The van der Waals surface area contributed by atoms with Crippen LogP contribution in [0.25, 0.3) is 0 Å². The summed E-state index contributed by atoms with van der Waals surface area (Å²) in [5, 5.41) is 12.4. The van der Waals surface area contributed by atoms with E-state index >= 15 is 0 Å². The van der Waals surface area contributed by atoms with Crippen molar-refractivity contribution in [3.63, 3.8) is 0 Å². The first-order chi connectivity index (χ1) is 13.4. The van der Waals surface area contributed by atoms with Gasteiger partial charge in [-0.3, -0.25) is 9.78 Å². The molecule has 0 fully saturated rings. The fraction of sp³-hybridized carbons (Fsp3) is 0.200. The summed E-state index contributed by atoms with van der Waals surface area (Å²) in [4.78, 5) is 17.2. The Balaban J connectivity index is 1.77. The van der Waals surface area contributed by atoms with Crippen molar-refractivity contribution in [2.45, 2.75) is 24.8 Å². The highest BCUT2D eigenvalue weighted by Crippen LogP contribution is 2.35. The molecule has 0 aliphatic carbocycles. The molecule has 0 saturated heterocycles. The smallest absolute Gasteiger partial charge is 0.416 e. The Labute approximate surface area is 163 Å². The van der Waals surface area contributed by atoms with Crippen LogP contribution in [0.3, 0.4) is 0 Å². The van der Waals surface area contributed by atoms with E-state index in [0.29, 0.717) is 10.4 Å². The minimum absolute atomic E-state index is 0.212. The molecule has 1 aromatic carbocycles. The van der Waals surface area contributed by atoms with E-state index in [-0.39, 0.29) is 12.2 Å². The second kappa shape index (κ2) is 8.53. The van der Waals surface area contributed by atoms with Crippen molar-refractivity contribution in [3.05, 3.63) is 87.9 Å². The van der Waals surface area contributed by atoms with Crippen LogP contribution in [0.5, 0.6) is 0 Å². The molecule has 0 radical (unpaired) electrons. The SMILES string of the molecule is O=C(OCc1cccc(C(F)(F)F)c1)C(c1cccs1)C(O)c1cccnc1. The van der Waals surface area contributed by atoms with Gasteiger partial charge >= 0.3 is 12.1 Å². The van der Waals surface area contributed by atoms with Crippen molar-refractivity contribution in [1.29, 1.82) is 0 Å². The topological polar surface area (TPSA) is 59.4 Å². The number of aliphatic hydroxyl groups excluding tert-OH is 1. The molecular weight excluding hydrogens is 391 g/mol. The Kier molecular flexibility index (Phi) is 6.11. The van der Waals surface area contributed by atoms with Crippen molar-refractivity contribution in [2.75, 3.05) is 0 Å². The maximum atomic E-state index is 12.8. The number of nitrogens with zero attached hydrogens (tertiary/aromatic N) is 1. The average molecular weight is 407 g/mol. The van der Waals surface area contributed by atoms with Crippen LogP contribution in [-0.4, -0.2) is 16.1 Å². The molecule has 0 saturated carbocycles. The zero-order valence-corrected chi connectivity index (χ0v) is 15.3. The zero-order valence-electron chi connectivity index (χ0n) is 14.5. The lowest BCUT2D eigenvalue weighted by molar-refractivity contribution is -0.149. The normalized spacial score (nSPS) is 13.7. The summed E-state index contributed by atoms with van der Waals surface area (Å²) >= 11 is 1.28. The van der Waals surface area contributed by atoms with Gasteiger partial charge in [-0.1, -0.05) is 24.3 Å². The monoisotopic (exact) mass is 407 g/mol. The van der Waals surface area contributed by atoms with Crippen LogP contribution in [0.4, 0.5) is 13.2 Å². The van der Waals surface area contributed by atoms with Gasteiger partial charge in [0.25, 0.3) is 0 Å². The molecule has 28 heavy (non-hydrogen) atoms. The highest BCUT2D eigenvalue weighted by Gasteiger charge is 2.33. The number of carbonyl (C=O) groups excluding carboxylic acids is 1. The van der Waals surface area contributed by atoms with Crippen LogP contribution in [-0.2, 0) is 22.3 Å². The molecule has 0 aliphatic heterocycles. The minimum Gasteiger partial charge on any atom is -0.460 e. The third-order valence-corrected chi connectivity index (χ3v) is 5.04. The molecule has 2 heterocycles. The third kappa shape index (κ3) is 4.76. The number of rotatable bonds is 6. The summed E-state index contributed by atoms with van der Waals surface area (Å²) in [6, 6.07) is 11.3. The number of aromatic nitrogens is 1. The highest BCUT2D eigenvalue weighted by atomic mass is 32.1. The standard InChI is InChI=1S/C20H16F3NO3S/c21-20(22,23)15-6-1-4-13(10-15)12-27-19(26)17(16-7-3-9-28-16)18(25)14-5-2-8-24-11-14/h1-11,17-18,25H,12H2. The van der Waals surface area contributed by atoms with Crippen LogP contribution in [0.2, 0.25) is 0 Å². The van der Waals surface area contributed by atoms with Gasteiger partial charge in [-0.15, -0.1) is 11.3 Å². The molecule has 0 amide bonds. The molecule has 4 nitrogen and oxygen atoms in total. The van der Waals surface area contributed by atoms with Crippen LogP contribution >= 0.6 is 11.3 Å². The summed E-state index contributed by atoms with van der Waals surface area (Å²) < 4.78 is 43.7. The quantitative estimate of drug-likeness (QED) is 0.601. The minimum atomic E-state index is -4.48. The van der Waals surface area contributed by atoms with Crippen LogP contribution in [0, 0.1) is 0 Å². The summed E-state index contributed by atoms with van der Waals surface area (Å²) in [5.74, 6) is -1.73. The predicted octanol–water partition coefficient (Wildman–Crippen LogP) is 4.72. The molecule has 2 aromatic heterocycles. The van der Waals surface area contributed by atoms with Crippen LogP contribution in [0.15, 0.2) is 66.3 Å². The third-order valence-electron chi connectivity index (χ3n) is 4.08. The number of halogens is 3. The number of pyridine rings is 1. The van der Waals surface area contributed by atoms with Gasteiger partial charge in [-0.2, -0.15) is 13.2 Å². The molecule has 146 valence electrons. The maximum absolute atomic E-state index is 12.8.